The van der Waals surface area contributed by atoms with E-state index in [4.69, 9.17) is 4.42 Å². The van der Waals surface area contributed by atoms with Crippen LogP contribution in [0.2, 0.25) is 0 Å². The number of aryl methyl sites for hydroxylation is 2. The zero-order valence-electron chi connectivity index (χ0n) is 18.9. The van der Waals surface area contributed by atoms with Gasteiger partial charge in [-0.3, -0.25) is 9.59 Å². The minimum absolute atomic E-state index is 0.0709. The number of hydrogen-bond acceptors (Lipinski definition) is 5. The number of ketones is 1. The molecule has 0 unspecified atom stereocenters. The van der Waals surface area contributed by atoms with Crippen LogP contribution in [0.1, 0.15) is 42.2 Å². The van der Waals surface area contributed by atoms with Gasteiger partial charge >= 0.3 is 0 Å². The molecule has 6 heteroatoms. The molecule has 1 aromatic heterocycles. The van der Waals surface area contributed by atoms with Gasteiger partial charge in [0.15, 0.2) is 5.78 Å². The van der Waals surface area contributed by atoms with Gasteiger partial charge in [0.1, 0.15) is 11.8 Å². The van der Waals surface area contributed by atoms with Crippen molar-refractivity contribution < 1.29 is 14.0 Å². The van der Waals surface area contributed by atoms with Crippen LogP contribution in [-0.4, -0.2) is 18.2 Å². The summed E-state index contributed by atoms with van der Waals surface area (Å²) in [6, 6.07) is 17.0. The Morgan fingerprint density at radius 2 is 1.97 bits per heavy atom. The number of fused-ring (bicyclic) bond motifs is 1. The summed E-state index contributed by atoms with van der Waals surface area (Å²) in [7, 11) is 0. The molecular formula is C27H27N3O3. The Hall–Kier alpha value is -3.80. The highest BCUT2D eigenvalue weighted by molar-refractivity contribution is 6.02. The topological polar surface area (TPSA) is 74.6 Å². The molecule has 0 radical (unpaired) electrons. The molecule has 0 spiro atoms. The van der Waals surface area contributed by atoms with Crippen LogP contribution < -0.4 is 15.5 Å². The molecule has 1 aliphatic carbocycles. The second kappa shape index (κ2) is 8.62. The second-order valence-electron chi connectivity index (χ2n) is 8.72. The lowest BCUT2D eigenvalue weighted by molar-refractivity contribution is -0.117. The van der Waals surface area contributed by atoms with E-state index in [9.17, 15) is 9.59 Å². The third kappa shape index (κ3) is 4.04. The molecule has 2 aromatic carbocycles. The van der Waals surface area contributed by atoms with Crippen molar-refractivity contribution >= 4 is 28.8 Å². The van der Waals surface area contributed by atoms with Crippen LogP contribution in [0.3, 0.4) is 0 Å². The monoisotopic (exact) mass is 441 g/mol. The van der Waals surface area contributed by atoms with Crippen LogP contribution in [0.15, 0.2) is 76.5 Å². The van der Waals surface area contributed by atoms with Gasteiger partial charge in [-0.25, -0.2) is 0 Å². The van der Waals surface area contributed by atoms with E-state index in [0.717, 1.165) is 46.7 Å². The zero-order chi connectivity index (χ0) is 22.9. The lowest BCUT2D eigenvalue weighted by atomic mass is 9.88. The predicted octanol–water partition coefficient (Wildman–Crippen LogP) is 5.52. The largest absolute Gasteiger partial charge is 0.467 e. The standard InChI is InChI=1S/C27H27N3O3/c1-17-12-13-19(18(2)15-17)29-25(32)16-30-22-9-4-3-7-20(22)28-21-8-5-10-23(31)26(21)27(30)24-11-6-14-33-24/h3-4,6-7,9,11-15,27-28H,5,8,10,16H2,1-2H3,(H,29,32)/t27-/m1/s1. The van der Waals surface area contributed by atoms with Crippen molar-refractivity contribution in [3.05, 3.63) is 89.0 Å². The maximum Gasteiger partial charge on any atom is 0.243 e. The molecule has 2 N–H and O–H groups in total. The lowest BCUT2D eigenvalue weighted by Gasteiger charge is -2.33. The average Bonchev–Trinajstić information content (AvgIpc) is 3.27. The fourth-order valence-electron chi connectivity index (χ4n) is 4.82. The number of hydrogen-bond donors (Lipinski definition) is 2. The van der Waals surface area contributed by atoms with Crippen molar-refractivity contribution in [2.24, 2.45) is 0 Å². The van der Waals surface area contributed by atoms with Gasteiger partial charge in [-0.2, -0.15) is 0 Å². The molecule has 2 heterocycles. The lowest BCUT2D eigenvalue weighted by Crippen LogP contribution is -2.38. The number of rotatable bonds is 4. The van der Waals surface area contributed by atoms with Crippen LogP contribution >= 0.6 is 0 Å². The quantitative estimate of drug-likeness (QED) is 0.558. The van der Waals surface area contributed by atoms with Gasteiger partial charge in [0.05, 0.1) is 24.2 Å². The number of anilines is 3. The van der Waals surface area contributed by atoms with Gasteiger partial charge in [-0.15, -0.1) is 0 Å². The molecule has 0 saturated carbocycles. The Bertz CT molecular complexity index is 1240. The maximum absolute atomic E-state index is 13.3. The van der Waals surface area contributed by atoms with E-state index >= 15 is 0 Å². The molecule has 1 atom stereocenters. The Morgan fingerprint density at radius 3 is 2.76 bits per heavy atom. The van der Waals surface area contributed by atoms with Gasteiger partial charge < -0.3 is 20.0 Å². The number of carbonyl (C=O) groups is 2. The number of carbonyl (C=O) groups excluding carboxylic acids is 2. The first-order chi connectivity index (χ1) is 16.0. The minimum atomic E-state index is -0.483. The summed E-state index contributed by atoms with van der Waals surface area (Å²) in [6.07, 6.45) is 3.71. The number of nitrogens with one attached hydrogen (secondary N) is 2. The van der Waals surface area contributed by atoms with Crippen LogP contribution in [0.4, 0.5) is 17.1 Å². The third-order valence-electron chi connectivity index (χ3n) is 6.32. The van der Waals surface area contributed by atoms with Crippen molar-refractivity contribution in [1.82, 2.24) is 0 Å². The molecule has 6 nitrogen and oxygen atoms in total. The average molecular weight is 442 g/mol. The van der Waals surface area contributed by atoms with Gasteiger partial charge in [0.2, 0.25) is 5.91 Å². The fraction of sp³-hybridized carbons (Fsp3) is 0.259. The summed E-state index contributed by atoms with van der Waals surface area (Å²) in [5.41, 5.74) is 6.28. The minimum Gasteiger partial charge on any atom is -0.467 e. The van der Waals surface area contributed by atoms with E-state index in [1.807, 2.05) is 73.3 Å². The molecule has 33 heavy (non-hydrogen) atoms. The van der Waals surface area contributed by atoms with E-state index < -0.39 is 6.04 Å². The first kappa shape index (κ1) is 21.1. The van der Waals surface area contributed by atoms with E-state index in [-0.39, 0.29) is 18.2 Å². The first-order valence-electron chi connectivity index (χ1n) is 11.3. The maximum atomic E-state index is 13.3. The third-order valence-corrected chi connectivity index (χ3v) is 6.32. The molecule has 5 rings (SSSR count). The molecule has 0 saturated heterocycles. The number of para-hydroxylation sites is 2. The highest BCUT2D eigenvalue weighted by atomic mass is 16.3. The van der Waals surface area contributed by atoms with Crippen molar-refractivity contribution in [1.29, 1.82) is 0 Å². The van der Waals surface area contributed by atoms with Crippen LogP contribution in [0.25, 0.3) is 0 Å². The van der Waals surface area contributed by atoms with E-state index in [0.29, 0.717) is 17.8 Å². The number of furan rings is 1. The molecule has 0 bridgehead atoms. The smallest absolute Gasteiger partial charge is 0.243 e. The van der Waals surface area contributed by atoms with Gasteiger partial charge in [0, 0.05) is 23.4 Å². The summed E-state index contributed by atoms with van der Waals surface area (Å²) < 4.78 is 5.82. The number of allylic oxidation sites excluding steroid dienone is 1. The van der Waals surface area contributed by atoms with Gasteiger partial charge in [-0.05, 0) is 62.6 Å². The van der Waals surface area contributed by atoms with Crippen LogP contribution in [0, 0.1) is 13.8 Å². The molecule has 3 aromatic rings. The first-order valence-corrected chi connectivity index (χ1v) is 11.3. The number of nitrogens with zero attached hydrogens (tertiary/aromatic N) is 1. The van der Waals surface area contributed by atoms with E-state index in [2.05, 4.69) is 10.6 Å². The fourth-order valence-corrected chi connectivity index (χ4v) is 4.82. The van der Waals surface area contributed by atoms with Gasteiger partial charge in [0.25, 0.3) is 0 Å². The molecule has 1 amide bonds. The summed E-state index contributed by atoms with van der Waals surface area (Å²) >= 11 is 0. The number of Topliss-reactive ketones (excluding diaryl/α,β-unsaturated/α-hetero) is 1. The summed E-state index contributed by atoms with van der Waals surface area (Å²) in [5, 5.41) is 6.55. The SMILES string of the molecule is Cc1ccc(NC(=O)CN2c3ccccc3NC3=C(C(=O)CCC3)[C@H]2c2ccco2)c(C)c1. The molecular weight excluding hydrogens is 414 g/mol. The van der Waals surface area contributed by atoms with E-state index in [1.165, 1.54) is 0 Å². The Labute approximate surface area is 193 Å². The number of amides is 1. The van der Waals surface area contributed by atoms with Crippen molar-refractivity contribution in [3.63, 3.8) is 0 Å². The highest BCUT2D eigenvalue weighted by Gasteiger charge is 2.38. The predicted molar refractivity (Wildman–Crippen MR) is 129 cm³/mol. The van der Waals surface area contributed by atoms with Crippen molar-refractivity contribution in [3.8, 4) is 0 Å². The molecule has 1 aliphatic heterocycles. The summed E-state index contributed by atoms with van der Waals surface area (Å²) in [5.74, 6) is 0.592. The molecule has 0 fully saturated rings. The number of benzene rings is 2. The normalized spacial score (nSPS) is 17.7. The zero-order valence-corrected chi connectivity index (χ0v) is 18.9. The van der Waals surface area contributed by atoms with Crippen LogP contribution in [-0.2, 0) is 9.59 Å². The summed E-state index contributed by atoms with van der Waals surface area (Å²) in [6.45, 7) is 4.08. The van der Waals surface area contributed by atoms with Crippen molar-refractivity contribution in [2.75, 3.05) is 22.1 Å². The molecule has 168 valence electrons. The Morgan fingerprint density at radius 1 is 1.12 bits per heavy atom. The van der Waals surface area contributed by atoms with Crippen LogP contribution in [0.5, 0.6) is 0 Å². The van der Waals surface area contributed by atoms with Gasteiger partial charge in [-0.1, -0.05) is 29.8 Å². The van der Waals surface area contributed by atoms with E-state index in [1.54, 1.807) is 6.26 Å². The van der Waals surface area contributed by atoms with Crippen molar-refractivity contribution in [2.45, 2.75) is 39.2 Å². The second-order valence-corrected chi connectivity index (χ2v) is 8.72. The Balaban J connectivity index is 1.57. The highest BCUT2D eigenvalue weighted by Crippen LogP contribution is 2.44. The summed E-state index contributed by atoms with van der Waals surface area (Å²) in [4.78, 5) is 28.4. The Kier molecular flexibility index (Phi) is 5.50. The molecule has 2 aliphatic rings.